The van der Waals surface area contributed by atoms with Crippen LogP contribution in [0.3, 0.4) is 0 Å². The molecule has 2 aliphatic heterocycles. The zero-order valence-corrected chi connectivity index (χ0v) is 21.7. The van der Waals surface area contributed by atoms with Crippen LogP contribution in [0.15, 0.2) is 76.8 Å². The zero-order valence-electron chi connectivity index (χ0n) is 20.9. The molecule has 2 aliphatic rings. The van der Waals surface area contributed by atoms with E-state index in [1.807, 2.05) is 63.2 Å². The van der Waals surface area contributed by atoms with Crippen LogP contribution in [-0.2, 0) is 9.59 Å². The Bertz CT molecular complexity index is 1420. The molecule has 2 unspecified atom stereocenters. The molecule has 2 heterocycles. The van der Waals surface area contributed by atoms with Crippen molar-refractivity contribution in [3.63, 3.8) is 0 Å². The first-order chi connectivity index (χ1) is 17.8. The molecule has 0 fully saturated rings. The quantitative estimate of drug-likeness (QED) is 0.458. The highest BCUT2D eigenvalue weighted by atomic mass is 32.2. The maximum atomic E-state index is 13.6. The van der Waals surface area contributed by atoms with Crippen molar-refractivity contribution in [1.29, 1.82) is 0 Å². The van der Waals surface area contributed by atoms with E-state index in [1.54, 1.807) is 17.1 Å². The summed E-state index contributed by atoms with van der Waals surface area (Å²) in [5, 5.41) is 9.31. The predicted molar refractivity (Wildman–Crippen MR) is 146 cm³/mol. The van der Waals surface area contributed by atoms with Gasteiger partial charge in [0.1, 0.15) is 11.1 Å². The number of nitrogens with zero attached hydrogens (tertiary/aromatic N) is 3. The van der Waals surface area contributed by atoms with Gasteiger partial charge in [-0.3, -0.25) is 9.59 Å². The topological polar surface area (TPSA) is 74.1 Å². The average molecular weight is 515 g/mol. The van der Waals surface area contributed by atoms with Gasteiger partial charge in [-0.2, -0.15) is 10.1 Å². The lowest BCUT2D eigenvalue weighted by molar-refractivity contribution is -0.121. The Labute approximate surface area is 219 Å². The molecule has 6 nitrogen and oxygen atoms in total. The first kappa shape index (κ1) is 24.9. The maximum absolute atomic E-state index is 13.6. The summed E-state index contributed by atoms with van der Waals surface area (Å²) in [5.41, 5.74) is 6.68. The van der Waals surface area contributed by atoms with Gasteiger partial charge in [0.25, 0.3) is 5.91 Å². The number of halogens is 1. The van der Waals surface area contributed by atoms with E-state index in [4.69, 9.17) is 5.10 Å². The van der Waals surface area contributed by atoms with Gasteiger partial charge in [-0.05, 0) is 55.7 Å². The van der Waals surface area contributed by atoms with Crippen LogP contribution in [0.4, 0.5) is 10.1 Å². The van der Waals surface area contributed by atoms with E-state index in [2.05, 4.69) is 10.3 Å². The van der Waals surface area contributed by atoms with Gasteiger partial charge < -0.3 is 5.32 Å². The number of aryl methyl sites for hydroxylation is 3. The van der Waals surface area contributed by atoms with Gasteiger partial charge in [0.15, 0.2) is 5.17 Å². The minimum atomic E-state index is -0.631. The van der Waals surface area contributed by atoms with Gasteiger partial charge in [0.2, 0.25) is 5.91 Å². The largest absolute Gasteiger partial charge is 0.326 e. The van der Waals surface area contributed by atoms with E-state index >= 15 is 0 Å². The molecule has 3 aromatic carbocycles. The molecule has 0 spiro atoms. The minimum absolute atomic E-state index is 0.00735. The highest BCUT2D eigenvalue weighted by Crippen LogP contribution is 2.38. The Morgan fingerprint density at radius 2 is 1.73 bits per heavy atom. The second kappa shape index (κ2) is 10.3. The fraction of sp³-hybridized carbons (Fsp3) is 0.241. The van der Waals surface area contributed by atoms with Crippen molar-refractivity contribution < 1.29 is 14.0 Å². The first-order valence-electron chi connectivity index (χ1n) is 12.1. The number of nitrogens with one attached hydrogen (secondary N) is 1. The smallest absolute Gasteiger partial charge is 0.262 e. The van der Waals surface area contributed by atoms with E-state index < -0.39 is 5.25 Å². The molecule has 1 N–H and O–H groups in total. The molecular formula is C29H27FN4O2S. The summed E-state index contributed by atoms with van der Waals surface area (Å²) in [6.45, 7) is 5.96. The van der Waals surface area contributed by atoms with E-state index in [0.29, 0.717) is 11.6 Å². The molecule has 2 atom stereocenters. The number of thioether (sulfide) groups is 1. The Morgan fingerprint density at radius 1 is 1.03 bits per heavy atom. The molecule has 0 aliphatic carbocycles. The molecular weight excluding hydrogens is 487 g/mol. The number of anilines is 1. The second-order valence-corrected chi connectivity index (χ2v) is 10.6. The number of carbonyl (C=O) groups excluding carboxylic acids is 2. The average Bonchev–Trinajstić information content (AvgIpc) is 3.46. The number of benzene rings is 3. The summed E-state index contributed by atoms with van der Waals surface area (Å²) in [7, 11) is 0. The molecule has 5 rings (SSSR count). The number of hydrogen-bond donors (Lipinski definition) is 1. The van der Waals surface area contributed by atoms with Crippen LogP contribution in [0, 0.1) is 26.6 Å². The lowest BCUT2D eigenvalue weighted by Gasteiger charge is -2.23. The lowest BCUT2D eigenvalue weighted by atomic mass is 9.98. The standard InChI is InChI=1S/C29H27FN4O2S/c1-17-4-7-20(8-5-17)24-15-25(21-9-11-22(30)12-10-21)34(33-24)29-32-28(36)26(37-29)16-27(35)31-23-13-6-18(2)14-19(23)3/h4-14,25-26H,15-16H2,1-3H3,(H,31,35). The number of hydrazone groups is 1. The number of aliphatic imine (C=N–C) groups is 1. The summed E-state index contributed by atoms with van der Waals surface area (Å²) >= 11 is 1.25. The predicted octanol–water partition coefficient (Wildman–Crippen LogP) is 5.93. The molecule has 37 heavy (non-hydrogen) atoms. The van der Waals surface area contributed by atoms with Gasteiger partial charge in [-0.15, -0.1) is 0 Å². The molecule has 0 saturated carbocycles. The van der Waals surface area contributed by atoms with Crippen molar-refractivity contribution in [2.45, 2.75) is 44.9 Å². The van der Waals surface area contributed by atoms with Crippen molar-refractivity contribution >= 4 is 40.1 Å². The van der Waals surface area contributed by atoms with Crippen LogP contribution < -0.4 is 5.32 Å². The summed E-state index contributed by atoms with van der Waals surface area (Å²) in [4.78, 5) is 29.8. The Hall–Kier alpha value is -3.78. The van der Waals surface area contributed by atoms with Crippen molar-refractivity contribution in [1.82, 2.24) is 5.01 Å². The number of amides is 2. The maximum Gasteiger partial charge on any atom is 0.262 e. The number of rotatable bonds is 5. The van der Waals surface area contributed by atoms with Gasteiger partial charge in [-0.25, -0.2) is 9.40 Å². The van der Waals surface area contributed by atoms with Crippen LogP contribution in [0.25, 0.3) is 0 Å². The minimum Gasteiger partial charge on any atom is -0.326 e. The third-order valence-electron chi connectivity index (χ3n) is 6.50. The van der Waals surface area contributed by atoms with E-state index in [-0.39, 0.29) is 30.1 Å². The highest BCUT2D eigenvalue weighted by molar-refractivity contribution is 8.15. The second-order valence-electron chi connectivity index (χ2n) is 9.44. The number of amidine groups is 1. The molecule has 0 aromatic heterocycles. The Balaban J connectivity index is 1.35. The fourth-order valence-corrected chi connectivity index (χ4v) is 5.54. The summed E-state index contributed by atoms with van der Waals surface area (Å²) in [5.74, 6) is -0.909. The van der Waals surface area contributed by atoms with Crippen molar-refractivity contribution in [3.8, 4) is 0 Å². The highest BCUT2D eigenvalue weighted by Gasteiger charge is 2.39. The van der Waals surface area contributed by atoms with Gasteiger partial charge >= 0.3 is 0 Å². The van der Waals surface area contributed by atoms with Gasteiger partial charge in [0, 0.05) is 18.5 Å². The van der Waals surface area contributed by atoms with Crippen LogP contribution >= 0.6 is 11.8 Å². The van der Waals surface area contributed by atoms with E-state index in [1.165, 1.54) is 23.9 Å². The van der Waals surface area contributed by atoms with Crippen molar-refractivity contribution in [3.05, 3.63) is 100 Å². The monoisotopic (exact) mass is 514 g/mol. The van der Waals surface area contributed by atoms with Crippen LogP contribution in [-0.4, -0.2) is 33.0 Å². The SMILES string of the molecule is Cc1ccc(C2=NN(C3=NC(=O)C(CC(=O)Nc4ccc(C)cc4C)S3)C(c3ccc(F)cc3)C2)cc1. The van der Waals surface area contributed by atoms with Crippen molar-refractivity contribution in [2.24, 2.45) is 10.1 Å². The molecule has 0 radical (unpaired) electrons. The Morgan fingerprint density at radius 3 is 2.43 bits per heavy atom. The van der Waals surface area contributed by atoms with E-state index in [9.17, 15) is 14.0 Å². The summed E-state index contributed by atoms with van der Waals surface area (Å²) in [6.07, 6.45) is 0.591. The molecule has 8 heteroatoms. The van der Waals surface area contributed by atoms with Crippen LogP contribution in [0.5, 0.6) is 0 Å². The third-order valence-corrected chi connectivity index (χ3v) is 7.64. The summed E-state index contributed by atoms with van der Waals surface area (Å²) < 4.78 is 13.6. The Kier molecular flexibility index (Phi) is 6.93. The van der Waals surface area contributed by atoms with Crippen LogP contribution in [0.2, 0.25) is 0 Å². The first-order valence-corrected chi connectivity index (χ1v) is 13.0. The fourth-order valence-electron chi connectivity index (χ4n) is 4.48. The number of carbonyl (C=O) groups is 2. The molecule has 0 saturated heterocycles. The van der Waals surface area contributed by atoms with Gasteiger partial charge in [-0.1, -0.05) is 71.4 Å². The molecule has 188 valence electrons. The lowest BCUT2D eigenvalue weighted by Crippen LogP contribution is -2.25. The third kappa shape index (κ3) is 5.49. The molecule has 2 amide bonds. The number of hydrogen-bond acceptors (Lipinski definition) is 5. The normalized spacial score (nSPS) is 19.1. The molecule has 3 aromatic rings. The van der Waals surface area contributed by atoms with Gasteiger partial charge in [0.05, 0.1) is 11.8 Å². The zero-order chi connectivity index (χ0) is 26.1. The van der Waals surface area contributed by atoms with Crippen molar-refractivity contribution in [2.75, 3.05) is 5.32 Å². The summed E-state index contributed by atoms with van der Waals surface area (Å²) in [6, 6.07) is 20.0. The van der Waals surface area contributed by atoms with E-state index in [0.717, 1.165) is 39.2 Å². The van der Waals surface area contributed by atoms with Crippen LogP contribution in [0.1, 0.15) is 46.7 Å². The molecule has 0 bridgehead atoms.